The summed E-state index contributed by atoms with van der Waals surface area (Å²) in [5, 5.41) is 0. The van der Waals surface area contributed by atoms with Gasteiger partial charge in [-0.05, 0) is 249 Å². The highest BCUT2D eigenvalue weighted by Crippen LogP contribution is 2.67. The first kappa shape index (κ1) is 67.3. The zero-order chi connectivity index (χ0) is 77.2. The van der Waals surface area contributed by atoms with E-state index >= 15 is 0 Å². The maximum absolute atomic E-state index is 8.00. The van der Waals surface area contributed by atoms with Crippen molar-refractivity contribution in [3.8, 4) is 89.8 Å². The van der Waals surface area contributed by atoms with Crippen LogP contribution in [0.2, 0.25) is 0 Å². The van der Waals surface area contributed by atoms with Crippen LogP contribution in [0.1, 0.15) is 150 Å². The third-order valence-corrected chi connectivity index (χ3v) is 26.9. The molecule has 0 aromatic heterocycles. The molecule has 23 rings (SSSR count). The second-order valence-electron chi connectivity index (χ2n) is 37.4. The zero-order valence-electron chi connectivity index (χ0n) is 66.7. The minimum absolute atomic E-state index is 0.146. The molecule has 0 N–H and O–H groups in total. The highest BCUT2D eigenvalue weighted by molar-refractivity contribution is 7.02. The zero-order valence-corrected chi connectivity index (χ0v) is 66.7. The van der Waals surface area contributed by atoms with Gasteiger partial charge in [0.05, 0.1) is 10.8 Å². The van der Waals surface area contributed by atoms with Crippen molar-refractivity contribution in [3.05, 3.63) is 370 Å². The van der Waals surface area contributed by atoms with Crippen LogP contribution >= 0.6 is 0 Å². The third kappa shape index (κ3) is 9.03. The Bertz CT molecular complexity index is 6190. The van der Waals surface area contributed by atoms with Gasteiger partial charge < -0.3 is 19.3 Å². The molecule has 0 unspecified atom stereocenters. The van der Waals surface area contributed by atoms with Gasteiger partial charge in [-0.25, -0.2) is 0 Å². The van der Waals surface area contributed by atoms with Crippen LogP contribution in [-0.2, 0) is 32.5 Å². The van der Waals surface area contributed by atoms with E-state index in [1.54, 1.807) is 0 Å². The number of ether oxygens (including phenoxy) is 2. The maximum atomic E-state index is 8.00. The highest BCUT2D eigenvalue weighted by Gasteiger charge is 2.56. The van der Waals surface area contributed by atoms with Crippen LogP contribution in [0.3, 0.4) is 0 Å². The van der Waals surface area contributed by atoms with Gasteiger partial charge in [-0.1, -0.05) is 320 Å². The molecule has 0 saturated heterocycles. The molecule has 114 heavy (non-hydrogen) atoms. The Labute approximate surface area is 670 Å². The van der Waals surface area contributed by atoms with E-state index in [9.17, 15) is 0 Å². The average Bonchev–Trinajstić information content (AvgIpc) is 1.48. The third-order valence-electron chi connectivity index (χ3n) is 26.9. The fourth-order valence-electron chi connectivity index (χ4n) is 21.8. The average molecular weight is 1470 g/mol. The Morgan fingerprint density at radius 1 is 0.237 bits per heavy atom. The normalized spacial score (nSPS) is 15.1. The lowest BCUT2D eigenvalue weighted by Crippen LogP contribution is -2.63. The second-order valence-corrected chi connectivity index (χ2v) is 37.4. The standard InChI is InChI=1S/C108H86B2N2O2/c1-103(2,3)65-55-66(104(4,5)6)58-69(57-65)111-91-49-27-25-47-87(91)109-89-61-90-96(62-95(89)113-97-53-63(51-93(111)101(97)109)71-37-29-39-79-77-35-17-23-45-85(77)107(99(71)79)81-41-19-13-31-73(81)74-32-14-20-42-82(74)107)114-98-54-64(52-94-102(98)110(90)88-48-26-28-50-92(88)112(94)70-59-67(105(7,8)9)56-68(60-70)106(10,11)12)72-38-30-40-80-78-36-18-24-46-86(78)108(100(72)80)83-43-21-15-33-75(83)76-34-16-22-44-84(76)108/h13-62H,1-12H3. The monoisotopic (exact) mass is 1460 g/mol. The van der Waals surface area contributed by atoms with Crippen molar-refractivity contribution in [1.29, 1.82) is 0 Å². The van der Waals surface area contributed by atoms with Crippen molar-refractivity contribution in [1.82, 2.24) is 0 Å². The maximum Gasteiger partial charge on any atom is 0.256 e. The van der Waals surface area contributed by atoms with Crippen molar-refractivity contribution in [3.63, 3.8) is 0 Å². The summed E-state index contributed by atoms with van der Waals surface area (Å²) in [6.07, 6.45) is 0. The van der Waals surface area contributed by atoms with E-state index in [4.69, 9.17) is 9.47 Å². The summed E-state index contributed by atoms with van der Waals surface area (Å²) in [7, 11) is 0. The Balaban J connectivity index is 0.779. The largest absolute Gasteiger partial charge is 0.458 e. The first-order valence-electron chi connectivity index (χ1n) is 40.9. The Morgan fingerprint density at radius 2 is 0.518 bits per heavy atom. The molecule has 15 aromatic carbocycles. The first-order chi connectivity index (χ1) is 55.1. The summed E-state index contributed by atoms with van der Waals surface area (Å²) in [4.78, 5) is 5.20. The molecule has 4 aliphatic heterocycles. The fraction of sp³-hybridized carbons (Fsp3) is 0.167. The van der Waals surface area contributed by atoms with Crippen LogP contribution in [0.4, 0.5) is 34.1 Å². The predicted molar refractivity (Wildman–Crippen MR) is 476 cm³/mol. The molecule has 0 fully saturated rings. The lowest BCUT2D eigenvalue weighted by Gasteiger charge is -2.43. The van der Waals surface area contributed by atoms with E-state index in [0.717, 1.165) is 90.1 Å². The second kappa shape index (κ2) is 23.2. The van der Waals surface area contributed by atoms with Gasteiger partial charge in [0.25, 0.3) is 13.4 Å². The van der Waals surface area contributed by atoms with E-state index in [-0.39, 0.29) is 35.1 Å². The topological polar surface area (TPSA) is 24.9 Å². The number of benzene rings is 15. The molecule has 0 saturated carbocycles. The molecule has 0 bridgehead atoms. The molecule has 6 heteroatoms. The van der Waals surface area contributed by atoms with Gasteiger partial charge in [-0.3, -0.25) is 0 Å². The van der Waals surface area contributed by atoms with Gasteiger partial charge in [0.15, 0.2) is 0 Å². The van der Waals surface area contributed by atoms with Gasteiger partial charge in [0.2, 0.25) is 0 Å². The minimum atomic E-state index is -0.596. The van der Waals surface area contributed by atoms with Crippen molar-refractivity contribution < 1.29 is 9.47 Å². The number of para-hydroxylation sites is 2. The number of nitrogens with zero attached hydrogens (tertiary/aromatic N) is 2. The van der Waals surface area contributed by atoms with E-state index in [1.807, 2.05) is 0 Å². The van der Waals surface area contributed by atoms with Gasteiger partial charge >= 0.3 is 0 Å². The predicted octanol–water partition coefficient (Wildman–Crippen LogP) is 23.7. The van der Waals surface area contributed by atoms with Crippen LogP contribution in [-0.4, -0.2) is 13.4 Å². The number of hydrogen-bond donors (Lipinski definition) is 0. The minimum Gasteiger partial charge on any atom is -0.458 e. The summed E-state index contributed by atoms with van der Waals surface area (Å²) in [6.45, 7) is 27.8. The quantitative estimate of drug-likeness (QED) is 0.164. The Hall–Kier alpha value is -12.4. The summed E-state index contributed by atoms with van der Waals surface area (Å²) in [6, 6.07) is 117. The Kier molecular flexibility index (Phi) is 13.7. The van der Waals surface area contributed by atoms with E-state index in [1.165, 1.54) is 133 Å². The Morgan fingerprint density at radius 3 is 0.842 bits per heavy atom. The molecule has 0 amide bonds. The highest BCUT2D eigenvalue weighted by atomic mass is 16.5. The van der Waals surface area contributed by atoms with Crippen molar-refractivity contribution in [2.24, 2.45) is 0 Å². The van der Waals surface area contributed by atoms with Crippen molar-refractivity contribution in [2.75, 3.05) is 9.80 Å². The smallest absolute Gasteiger partial charge is 0.256 e. The van der Waals surface area contributed by atoms with E-state index < -0.39 is 10.8 Å². The van der Waals surface area contributed by atoms with Crippen molar-refractivity contribution >= 4 is 80.3 Å². The molecule has 0 atom stereocenters. The van der Waals surface area contributed by atoms with Gasteiger partial charge in [-0.2, -0.15) is 0 Å². The number of hydrogen-bond acceptors (Lipinski definition) is 4. The molecule has 8 aliphatic rings. The van der Waals surface area contributed by atoms with Crippen LogP contribution in [0.15, 0.2) is 303 Å². The van der Waals surface area contributed by atoms with Crippen molar-refractivity contribution in [2.45, 2.75) is 116 Å². The molecule has 546 valence electrons. The number of rotatable bonds is 4. The molecule has 4 heterocycles. The van der Waals surface area contributed by atoms with Crippen LogP contribution in [0.5, 0.6) is 23.0 Å². The first-order valence-corrected chi connectivity index (χ1v) is 40.9. The SMILES string of the molecule is CC(C)(C)c1cc(N2c3ccccc3B3c4cc5c(cc4Oc4cc(-c6cccc7c6C6(c8ccccc8-c8ccccc86)c6ccccc6-7)cc2c43)Oc2cc(-c3cccc4c3C3(c6ccccc6-c6ccccc63)c3ccccc3-4)cc3c2B5c2ccccc2N3c2cc(C(C)(C)C)cc(C(C)(C)C)c2)cc(C(C)(C)C)c1. The molecule has 4 nitrogen and oxygen atoms in total. The van der Waals surface area contributed by atoms with Gasteiger partial charge in [0, 0.05) is 40.2 Å². The molecule has 0 radical (unpaired) electrons. The molecule has 15 aromatic rings. The molecular weight excluding hydrogens is 1380 g/mol. The van der Waals surface area contributed by atoms with E-state index in [0.29, 0.717) is 0 Å². The van der Waals surface area contributed by atoms with Gasteiger partial charge in [-0.15, -0.1) is 0 Å². The fourth-order valence-corrected chi connectivity index (χ4v) is 21.8. The lowest BCUT2D eigenvalue weighted by molar-refractivity contribution is 0.466. The van der Waals surface area contributed by atoms with Crippen LogP contribution in [0, 0.1) is 0 Å². The summed E-state index contributed by atoms with van der Waals surface area (Å²) in [5.41, 5.74) is 42.4. The molecule has 4 aliphatic carbocycles. The molecule has 2 spiro atoms. The number of anilines is 6. The lowest BCUT2D eigenvalue weighted by atomic mass is 9.31. The summed E-state index contributed by atoms with van der Waals surface area (Å²) < 4.78 is 16.0. The summed E-state index contributed by atoms with van der Waals surface area (Å²) >= 11 is 0. The van der Waals surface area contributed by atoms with Crippen LogP contribution in [0.25, 0.3) is 66.8 Å². The van der Waals surface area contributed by atoms with Gasteiger partial charge in [0.1, 0.15) is 23.0 Å². The molecular formula is C108H86B2N2O2. The number of fused-ring (bicyclic) bond motifs is 28. The summed E-state index contributed by atoms with van der Waals surface area (Å²) in [5.74, 6) is 3.26. The van der Waals surface area contributed by atoms with E-state index in [2.05, 4.69) is 396 Å². The van der Waals surface area contributed by atoms with Crippen LogP contribution < -0.4 is 52.1 Å².